The highest BCUT2D eigenvalue weighted by molar-refractivity contribution is 9.10. The van der Waals surface area contributed by atoms with Crippen molar-refractivity contribution < 1.29 is 19.1 Å². The summed E-state index contributed by atoms with van der Waals surface area (Å²) < 4.78 is 11.4. The molecule has 1 rings (SSSR count). The van der Waals surface area contributed by atoms with Crippen LogP contribution in [0.2, 0.25) is 0 Å². The first kappa shape index (κ1) is 20.3. The smallest absolute Gasteiger partial charge is 0.407 e. The molecule has 1 N–H and O–H groups in total. The molecule has 0 spiro atoms. The summed E-state index contributed by atoms with van der Waals surface area (Å²) in [6, 6.07) is 5.65. The Balaban J connectivity index is 2.48. The number of hydrogen-bond donors (Lipinski definition) is 1. The number of benzene rings is 1. The lowest BCUT2D eigenvalue weighted by Gasteiger charge is -2.21. The number of nitrogens with one attached hydrogen (secondary N) is 1. The highest BCUT2D eigenvalue weighted by atomic mass is 79.9. The van der Waals surface area contributed by atoms with Crippen molar-refractivity contribution in [2.75, 3.05) is 20.7 Å². The Morgan fingerprint density at radius 3 is 2.54 bits per heavy atom. The molecular formula is C17H25BrN2O4. The second-order valence-electron chi connectivity index (χ2n) is 6.38. The summed E-state index contributed by atoms with van der Waals surface area (Å²) in [4.78, 5) is 25.3. The normalized spacial score (nSPS) is 10.9. The van der Waals surface area contributed by atoms with Crippen LogP contribution in [0.15, 0.2) is 22.7 Å². The maximum absolute atomic E-state index is 12.2. The number of ether oxygens (including phenoxy) is 2. The predicted octanol–water partition coefficient (Wildman–Crippen LogP) is 3.33. The molecule has 0 atom stereocenters. The first-order chi connectivity index (χ1) is 11.1. The van der Waals surface area contributed by atoms with E-state index >= 15 is 0 Å². The minimum absolute atomic E-state index is 0.0758. The number of nitrogens with zero attached hydrogens (tertiary/aromatic N) is 1. The van der Waals surface area contributed by atoms with Gasteiger partial charge in [-0.1, -0.05) is 15.9 Å². The summed E-state index contributed by atoms with van der Waals surface area (Å²) in [6.07, 6.45) is -0.321. The van der Waals surface area contributed by atoms with Gasteiger partial charge in [0.25, 0.3) is 0 Å². The SMILES string of the molecule is COc1ccc(Br)cc1CN(C)C(=O)CCNC(=O)OC(C)(C)C. The van der Waals surface area contributed by atoms with Crippen LogP contribution >= 0.6 is 15.9 Å². The molecule has 0 heterocycles. The molecule has 134 valence electrons. The summed E-state index contributed by atoms with van der Waals surface area (Å²) in [5.74, 6) is 0.651. The number of carbonyl (C=O) groups is 2. The molecule has 0 unspecified atom stereocenters. The van der Waals surface area contributed by atoms with Gasteiger partial charge in [-0.25, -0.2) is 4.79 Å². The molecule has 1 aromatic carbocycles. The van der Waals surface area contributed by atoms with Crippen LogP contribution in [-0.2, 0) is 16.1 Å². The van der Waals surface area contributed by atoms with Gasteiger partial charge in [0.15, 0.2) is 0 Å². The number of carbonyl (C=O) groups excluding carboxylic acids is 2. The zero-order valence-corrected chi connectivity index (χ0v) is 16.4. The predicted molar refractivity (Wildman–Crippen MR) is 96.0 cm³/mol. The van der Waals surface area contributed by atoms with Crippen molar-refractivity contribution in [3.63, 3.8) is 0 Å². The van der Waals surface area contributed by atoms with Gasteiger partial charge in [0.05, 0.1) is 7.11 Å². The summed E-state index contributed by atoms with van der Waals surface area (Å²) in [5, 5.41) is 2.58. The van der Waals surface area contributed by atoms with Crippen LogP contribution < -0.4 is 10.1 Å². The van der Waals surface area contributed by atoms with Crippen molar-refractivity contribution in [3.8, 4) is 5.75 Å². The van der Waals surface area contributed by atoms with Gasteiger partial charge in [0.2, 0.25) is 5.91 Å². The van der Waals surface area contributed by atoms with Crippen LogP contribution in [0.25, 0.3) is 0 Å². The molecule has 0 aromatic heterocycles. The van der Waals surface area contributed by atoms with E-state index in [1.807, 2.05) is 18.2 Å². The molecule has 2 amide bonds. The minimum Gasteiger partial charge on any atom is -0.496 e. The Hall–Kier alpha value is -1.76. The van der Waals surface area contributed by atoms with Crippen molar-refractivity contribution in [2.45, 2.75) is 39.3 Å². The van der Waals surface area contributed by atoms with Crippen molar-refractivity contribution in [2.24, 2.45) is 0 Å². The van der Waals surface area contributed by atoms with E-state index < -0.39 is 11.7 Å². The van der Waals surface area contributed by atoms with E-state index in [-0.39, 0.29) is 18.9 Å². The quantitative estimate of drug-likeness (QED) is 0.794. The van der Waals surface area contributed by atoms with Crippen molar-refractivity contribution in [1.82, 2.24) is 10.2 Å². The van der Waals surface area contributed by atoms with E-state index in [0.717, 1.165) is 15.8 Å². The molecule has 0 saturated carbocycles. The first-order valence-corrected chi connectivity index (χ1v) is 8.45. The van der Waals surface area contributed by atoms with Crippen LogP contribution in [0.3, 0.4) is 0 Å². The fourth-order valence-corrected chi connectivity index (χ4v) is 2.40. The van der Waals surface area contributed by atoms with Gasteiger partial charge >= 0.3 is 6.09 Å². The fraction of sp³-hybridized carbons (Fsp3) is 0.529. The molecule has 0 saturated heterocycles. The summed E-state index contributed by atoms with van der Waals surface area (Å²) >= 11 is 3.41. The van der Waals surface area contributed by atoms with Crippen molar-refractivity contribution in [3.05, 3.63) is 28.2 Å². The molecule has 0 aliphatic carbocycles. The summed E-state index contributed by atoms with van der Waals surface area (Å²) in [6.45, 7) is 6.02. The lowest BCUT2D eigenvalue weighted by Crippen LogP contribution is -2.35. The first-order valence-electron chi connectivity index (χ1n) is 7.65. The van der Waals surface area contributed by atoms with Crippen LogP contribution in [0.1, 0.15) is 32.8 Å². The third-order valence-corrected chi connectivity index (χ3v) is 3.58. The number of hydrogen-bond acceptors (Lipinski definition) is 4. The molecule has 0 aliphatic rings. The third kappa shape index (κ3) is 7.21. The summed E-state index contributed by atoms with van der Waals surface area (Å²) in [5.41, 5.74) is 0.352. The molecule has 0 bridgehead atoms. The Kier molecular flexibility index (Phi) is 7.54. The van der Waals surface area contributed by atoms with Crippen LogP contribution in [0, 0.1) is 0 Å². The van der Waals surface area contributed by atoms with E-state index in [4.69, 9.17) is 9.47 Å². The van der Waals surface area contributed by atoms with E-state index in [1.165, 1.54) is 0 Å². The lowest BCUT2D eigenvalue weighted by molar-refractivity contribution is -0.130. The van der Waals surface area contributed by atoms with Gasteiger partial charge in [0, 0.05) is 36.6 Å². The van der Waals surface area contributed by atoms with Crippen LogP contribution in [0.4, 0.5) is 4.79 Å². The number of amides is 2. The minimum atomic E-state index is -0.553. The van der Waals surface area contributed by atoms with E-state index in [0.29, 0.717) is 6.54 Å². The van der Waals surface area contributed by atoms with Gasteiger partial charge in [-0.15, -0.1) is 0 Å². The molecule has 0 aliphatic heterocycles. The maximum atomic E-state index is 12.2. The zero-order chi connectivity index (χ0) is 18.3. The topological polar surface area (TPSA) is 67.9 Å². The lowest BCUT2D eigenvalue weighted by atomic mass is 10.2. The van der Waals surface area contributed by atoms with Gasteiger partial charge in [-0.2, -0.15) is 0 Å². The zero-order valence-electron chi connectivity index (χ0n) is 14.8. The van der Waals surface area contributed by atoms with Crippen LogP contribution in [0.5, 0.6) is 5.75 Å². The Labute approximate surface area is 151 Å². The molecule has 24 heavy (non-hydrogen) atoms. The highest BCUT2D eigenvalue weighted by Crippen LogP contribution is 2.24. The highest BCUT2D eigenvalue weighted by Gasteiger charge is 2.17. The Morgan fingerprint density at radius 1 is 1.29 bits per heavy atom. The van der Waals surface area contributed by atoms with Gasteiger partial charge in [-0.3, -0.25) is 4.79 Å². The van der Waals surface area contributed by atoms with Crippen molar-refractivity contribution in [1.29, 1.82) is 0 Å². The Morgan fingerprint density at radius 2 is 1.96 bits per heavy atom. The number of alkyl carbamates (subject to hydrolysis) is 1. The number of rotatable bonds is 6. The van der Waals surface area contributed by atoms with Gasteiger partial charge < -0.3 is 19.7 Å². The monoisotopic (exact) mass is 400 g/mol. The van der Waals surface area contributed by atoms with E-state index in [9.17, 15) is 9.59 Å². The molecular weight excluding hydrogens is 376 g/mol. The van der Waals surface area contributed by atoms with E-state index in [1.54, 1.807) is 39.8 Å². The average Bonchev–Trinajstić information content (AvgIpc) is 2.45. The molecule has 7 heteroatoms. The standard InChI is InChI=1S/C17H25BrN2O4/c1-17(2,3)24-16(22)19-9-8-15(21)20(4)11-12-10-13(18)6-7-14(12)23-5/h6-7,10H,8-9,11H2,1-5H3,(H,19,22). The molecule has 6 nitrogen and oxygen atoms in total. The summed E-state index contributed by atoms with van der Waals surface area (Å²) in [7, 11) is 3.31. The van der Waals surface area contributed by atoms with E-state index in [2.05, 4.69) is 21.2 Å². The van der Waals surface area contributed by atoms with Gasteiger partial charge in [0.1, 0.15) is 11.4 Å². The van der Waals surface area contributed by atoms with Crippen LogP contribution in [-0.4, -0.2) is 43.2 Å². The number of methoxy groups -OCH3 is 1. The maximum Gasteiger partial charge on any atom is 0.407 e. The largest absolute Gasteiger partial charge is 0.496 e. The number of halogens is 1. The van der Waals surface area contributed by atoms with Gasteiger partial charge in [-0.05, 0) is 39.0 Å². The van der Waals surface area contributed by atoms with Crippen molar-refractivity contribution >= 4 is 27.9 Å². The Bertz CT molecular complexity index is 584. The second-order valence-corrected chi connectivity index (χ2v) is 7.30. The molecule has 0 fully saturated rings. The third-order valence-electron chi connectivity index (χ3n) is 3.08. The molecule has 1 aromatic rings. The fourth-order valence-electron chi connectivity index (χ4n) is 1.99. The molecule has 0 radical (unpaired) electrons. The average molecular weight is 401 g/mol. The second kappa shape index (κ2) is 8.92.